The van der Waals surface area contributed by atoms with E-state index in [0.29, 0.717) is 12.5 Å². The van der Waals surface area contributed by atoms with Crippen molar-refractivity contribution < 1.29 is 9.53 Å². The molecule has 0 unspecified atom stereocenters. The van der Waals surface area contributed by atoms with Crippen LogP contribution in [0.15, 0.2) is 18.3 Å². The summed E-state index contributed by atoms with van der Waals surface area (Å²) in [5.41, 5.74) is 0.724. The smallest absolute Gasteiger partial charge is 0.227 e. The molecule has 1 aromatic heterocycles. The molecule has 0 aromatic carbocycles. The highest BCUT2D eigenvalue weighted by Gasteiger charge is 2.20. The zero-order valence-corrected chi connectivity index (χ0v) is 10.6. The van der Waals surface area contributed by atoms with Gasteiger partial charge < -0.3 is 15.4 Å². The Morgan fingerprint density at radius 1 is 1.50 bits per heavy atom. The van der Waals surface area contributed by atoms with Gasteiger partial charge in [0.05, 0.1) is 18.5 Å². The maximum absolute atomic E-state index is 12.0. The van der Waals surface area contributed by atoms with Crippen molar-refractivity contribution in [3.05, 3.63) is 18.3 Å². The third kappa shape index (κ3) is 3.43. The van der Waals surface area contributed by atoms with Crippen LogP contribution in [-0.4, -0.2) is 30.6 Å². The quantitative estimate of drug-likeness (QED) is 0.847. The summed E-state index contributed by atoms with van der Waals surface area (Å²) in [5.74, 6) is 0.776. The summed E-state index contributed by atoms with van der Waals surface area (Å²) in [6.07, 6.45) is 3.43. The number of carbonyl (C=O) groups excluding carboxylic acids is 1. The molecule has 1 aromatic rings. The highest BCUT2D eigenvalue weighted by molar-refractivity contribution is 5.92. The summed E-state index contributed by atoms with van der Waals surface area (Å²) in [7, 11) is 0. The second-order valence-corrected chi connectivity index (χ2v) is 4.33. The first-order valence-corrected chi connectivity index (χ1v) is 6.40. The minimum absolute atomic E-state index is 0.0856. The van der Waals surface area contributed by atoms with Crippen LogP contribution in [0.5, 0.6) is 5.88 Å². The number of nitrogens with zero attached hydrogens (tertiary/aromatic N) is 1. The maximum atomic E-state index is 12.0. The average Bonchev–Trinajstić information content (AvgIpc) is 2.42. The molecule has 18 heavy (non-hydrogen) atoms. The Balaban J connectivity index is 1.89. The predicted molar refractivity (Wildman–Crippen MR) is 69.6 cm³/mol. The Hall–Kier alpha value is -1.62. The monoisotopic (exact) mass is 249 g/mol. The Morgan fingerprint density at radius 3 is 2.89 bits per heavy atom. The minimum Gasteiger partial charge on any atom is -0.478 e. The number of nitrogens with one attached hydrogen (secondary N) is 2. The molecule has 2 heterocycles. The van der Waals surface area contributed by atoms with Crippen LogP contribution < -0.4 is 15.4 Å². The standard InChI is InChI=1S/C13H19N3O2/c1-2-18-12-4-3-11(9-15-12)16-13(17)10-5-7-14-8-6-10/h3-4,9-10,14H,2,5-8H2,1H3,(H,16,17). The number of carbonyl (C=O) groups is 1. The van der Waals surface area contributed by atoms with Crippen LogP contribution in [0.3, 0.4) is 0 Å². The lowest BCUT2D eigenvalue weighted by Crippen LogP contribution is -2.34. The maximum Gasteiger partial charge on any atom is 0.227 e. The van der Waals surface area contributed by atoms with E-state index in [0.717, 1.165) is 31.6 Å². The molecule has 2 N–H and O–H groups in total. The van der Waals surface area contributed by atoms with Gasteiger partial charge in [-0.15, -0.1) is 0 Å². The SMILES string of the molecule is CCOc1ccc(NC(=O)C2CCNCC2)cn1. The molecule has 1 aliphatic heterocycles. The van der Waals surface area contributed by atoms with E-state index in [1.165, 1.54) is 0 Å². The molecule has 0 spiro atoms. The van der Waals surface area contributed by atoms with Crippen LogP contribution in [0.4, 0.5) is 5.69 Å². The van der Waals surface area contributed by atoms with E-state index in [4.69, 9.17) is 4.74 Å². The fourth-order valence-corrected chi connectivity index (χ4v) is 2.02. The summed E-state index contributed by atoms with van der Waals surface area (Å²) in [6.45, 7) is 4.33. The number of pyridine rings is 1. The predicted octanol–water partition coefficient (Wildman–Crippen LogP) is 1.42. The molecule has 2 rings (SSSR count). The zero-order chi connectivity index (χ0) is 12.8. The zero-order valence-electron chi connectivity index (χ0n) is 10.6. The van der Waals surface area contributed by atoms with Crippen molar-refractivity contribution in [3.63, 3.8) is 0 Å². The van der Waals surface area contributed by atoms with Gasteiger partial charge in [-0.2, -0.15) is 0 Å². The van der Waals surface area contributed by atoms with Crippen LogP contribution in [0, 0.1) is 5.92 Å². The third-order valence-electron chi connectivity index (χ3n) is 3.01. The van der Waals surface area contributed by atoms with Gasteiger partial charge in [0, 0.05) is 12.0 Å². The van der Waals surface area contributed by atoms with Gasteiger partial charge in [0.15, 0.2) is 0 Å². The van der Waals surface area contributed by atoms with Crippen LogP contribution in [0.25, 0.3) is 0 Å². The topological polar surface area (TPSA) is 63.2 Å². The molecule has 5 heteroatoms. The molecule has 1 aliphatic rings. The van der Waals surface area contributed by atoms with Crippen LogP contribution >= 0.6 is 0 Å². The molecule has 98 valence electrons. The second kappa shape index (κ2) is 6.35. The summed E-state index contributed by atoms with van der Waals surface area (Å²) in [4.78, 5) is 16.1. The average molecular weight is 249 g/mol. The van der Waals surface area contributed by atoms with Crippen LogP contribution in [0.1, 0.15) is 19.8 Å². The highest BCUT2D eigenvalue weighted by Crippen LogP contribution is 2.16. The lowest BCUT2D eigenvalue weighted by Gasteiger charge is -2.21. The van der Waals surface area contributed by atoms with E-state index >= 15 is 0 Å². The fourth-order valence-electron chi connectivity index (χ4n) is 2.02. The normalized spacial score (nSPS) is 16.3. The number of piperidine rings is 1. The van der Waals surface area contributed by atoms with Gasteiger partial charge in [0.1, 0.15) is 0 Å². The largest absolute Gasteiger partial charge is 0.478 e. The molecule has 0 radical (unpaired) electrons. The number of hydrogen-bond acceptors (Lipinski definition) is 4. The molecule has 1 saturated heterocycles. The lowest BCUT2D eigenvalue weighted by atomic mass is 9.97. The summed E-state index contributed by atoms with van der Waals surface area (Å²) >= 11 is 0. The third-order valence-corrected chi connectivity index (χ3v) is 3.01. The Kier molecular flexibility index (Phi) is 4.52. The van der Waals surface area contributed by atoms with Crippen LogP contribution in [-0.2, 0) is 4.79 Å². The van der Waals surface area contributed by atoms with Crippen molar-refractivity contribution in [1.82, 2.24) is 10.3 Å². The number of amides is 1. The van der Waals surface area contributed by atoms with Crippen LogP contribution in [0.2, 0.25) is 0 Å². The Morgan fingerprint density at radius 2 is 2.28 bits per heavy atom. The second-order valence-electron chi connectivity index (χ2n) is 4.33. The molecule has 1 fully saturated rings. The molecule has 0 aliphatic carbocycles. The molecular formula is C13H19N3O2. The molecule has 0 saturated carbocycles. The number of anilines is 1. The number of ether oxygens (including phenoxy) is 1. The molecule has 5 nitrogen and oxygen atoms in total. The van der Waals surface area contributed by atoms with Crippen molar-refractivity contribution in [1.29, 1.82) is 0 Å². The highest BCUT2D eigenvalue weighted by atomic mass is 16.5. The van der Waals surface area contributed by atoms with E-state index < -0.39 is 0 Å². The summed E-state index contributed by atoms with van der Waals surface area (Å²) in [5, 5.41) is 6.14. The first-order valence-electron chi connectivity index (χ1n) is 6.40. The Bertz CT molecular complexity index is 386. The number of hydrogen-bond donors (Lipinski definition) is 2. The fraction of sp³-hybridized carbons (Fsp3) is 0.538. The van der Waals surface area contributed by atoms with E-state index in [1.807, 2.05) is 13.0 Å². The van der Waals surface area contributed by atoms with Gasteiger partial charge >= 0.3 is 0 Å². The van der Waals surface area contributed by atoms with Gasteiger partial charge in [0.2, 0.25) is 11.8 Å². The summed E-state index contributed by atoms with van der Waals surface area (Å²) < 4.78 is 5.25. The first-order chi connectivity index (χ1) is 8.79. The van der Waals surface area contributed by atoms with Crippen molar-refractivity contribution >= 4 is 11.6 Å². The van der Waals surface area contributed by atoms with Gasteiger partial charge in [-0.3, -0.25) is 4.79 Å². The van der Waals surface area contributed by atoms with Crippen molar-refractivity contribution in [2.45, 2.75) is 19.8 Å². The Labute approximate surface area is 107 Å². The van der Waals surface area contributed by atoms with Crippen molar-refractivity contribution in [2.24, 2.45) is 5.92 Å². The van der Waals surface area contributed by atoms with Gasteiger partial charge in [0.25, 0.3) is 0 Å². The van der Waals surface area contributed by atoms with E-state index in [-0.39, 0.29) is 11.8 Å². The number of aromatic nitrogens is 1. The lowest BCUT2D eigenvalue weighted by molar-refractivity contribution is -0.120. The molecule has 1 amide bonds. The van der Waals surface area contributed by atoms with E-state index in [1.54, 1.807) is 12.3 Å². The molecule has 0 atom stereocenters. The number of rotatable bonds is 4. The van der Waals surface area contributed by atoms with Crippen molar-refractivity contribution in [2.75, 3.05) is 25.0 Å². The van der Waals surface area contributed by atoms with E-state index in [2.05, 4.69) is 15.6 Å². The van der Waals surface area contributed by atoms with E-state index in [9.17, 15) is 4.79 Å². The first kappa shape index (κ1) is 12.8. The minimum atomic E-state index is 0.0856. The van der Waals surface area contributed by atoms with Gasteiger partial charge in [-0.1, -0.05) is 0 Å². The van der Waals surface area contributed by atoms with Gasteiger partial charge in [-0.05, 0) is 38.9 Å². The summed E-state index contributed by atoms with van der Waals surface area (Å²) in [6, 6.07) is 3.58. The van der Waals surface area contributed by atoms with Gasteiger partial charge in [-0.25, -0.2) is 4.98 Å². The molecular weight excluding hydrogens is 230 g/mol. The molecule has 0 bridgehead atoms. The van der Waals surface area contributed by atoms with Crippen molar-refractivity contribution in [3.8, 4) is 5.88 Å².